The average Bonchev–Trinajstić information content (AvgIpc) is 2.71. The van der Waals surface area contributed by atoms with Gasteiger partial charge >= 0.3 is 0 Å². The Morgan fingerprint density at radius 3 is 2.36 bits per heavy atom. The van der Waals surface area contributed by atoms with Crippen molar-refractivity contribution in [1.29, 1.82) is 0 Å². The second kappa shape index (κ2) is 3.90. The second-order valence-electron chi connectivity index (χ2n) is 3.09. The van der Waals surface area contributed by atoms with Crippen molar-refractivity contribution in [2.24, 2.45) is 5.73 Å². The SMILES string of the molecule is NC(c1ccc(F)cc1)c1ccsc1. The molecule has 0 aliphatic heterocycles. The molecular formula is C11H10FNS. The molecule has 1 atom stereocenters. The largest absolute Gasteiger partial charge is 0.320 e. The third-order valence-electron chi connectivity index (χ3n) is 2.13. The van der Waals surface area contributed by atoms with Gasteiger partial charge < -0.3 is 5.73 Å². The highest BCUT2D eigenvalue weighted by Crippen LogP contribution is 2.21. The minimum atomic E-state index is -0.230. The highest BCUT2D eigenvalue weighted by atomic mass is 32.1. The van der Waals surface area contributed by atoms with Crippen LogP contribution in [0.15, 0.2) is 41.1 Å². The Balaban J connectivity index is 2.28. The summed E-state index contributed by atoms with van der Waals surface area (Å²) >= 11 is 1.61. The van der Waals surface area contributed by atoms with Crippen LogP contribution in [0.25, 0.3) is 0 Å². The van der Waals surface area contributed by atoms with Crippen molar-refractivity contribution >= 4 is 11.3 Å². The molecule has 0 spiro atoms. The molecule has 3 heteroatoms. The highest BCUT2D eigenvalue weighted by molar-refractivity contribution is 7.08. The molecule has 0 amide bonds. The molecule has 1 heterocycles. The number of rotatable bonds is 2. The van der Waals surface area contributed by atoms with E-state index in [0.29, 0.717) is 0 Å². The molecule has 2 rings (SSSR count). The van der Waals surface area contributed by atoms with Crippen molar-refractivity contribution in [3.8, 4) is 0 Å². The third kappa shape index (κ3) is 1.84. The molecule has 0 aliphatic rings. The van der Waals surface area contributed by atoms with Crippen LogP contribution in [0.3, 0.4) is 0 Å². The molecule has 0 fully saturated rings. The topological polar surface area (TPSA) is 26.0 Å². The molecule has 0 aliphatic carbocycles. The number of thiophene rings is 1. The predicted octanol–water partition coefficient (Wildman–Crippen LogP) is 2.94. The fourth-order valence-electron chi connectivity index (χ4n) is 1.31. The molecule has 1 aromatic heterocycles. The van der Waals surface area contributed by atoms with Crippen LogP contribution in [0, 0.1) is 5.82 Å². The van der Waals surface area contributed by atoms with E-state index in [1.807, 2.05) is 16.8 Å². The molecule has 14 heavy (non-hydrogen) atoms. The molecule has 1 nitrogen and oxygen atoms in total. The van der Waals surface area contributed by atoms with E-state index in [1.54, 1.807) is 23.5 Å². The lowest BCUT2D eigenvalue weighted by atomic mass is 10.0. The molecular weight excluding hydrogens is 197 g/mol. The summed E-state index contributed by atoms with van der Waals surface area (Å²) in [6.45, 7) is 0. The Bertz CT molecular complexity index is 394. The van der Waals surface area contributed by atoms with E-state index in [9.17, 15) is 4.39 Å². The van der Waals surface area contributed by atoms with Crippen LogP contribution in [-0.2, 0) is 0 Å². The first kappa shape index (κ1) is 9.37. The summed E-state index contributed by atoms with van der Waals surface area (Å²) in [7, 11) is 0. The van der Waals surface area contributed by atoms with Gasteiger partial charge in [-0.15, -0.1) is 0 Å². The molecule has 2 aromatic rings. The van der Waals surface area contributed by atoms with E-state index in [2.05, 4.69) is 0 Å². The van der Waals surface area contributed by atoms with Crippen LogP contribution in [0.2, 0.25) is 0 Å². The predicted molar refractivity (Wildman–Crippen MR) is 56.7 cm³/mol. The van der Waals surface area contributed by atoms with Gasteiger partial charge in [0.05, 0.1) is 6.04 Å². The normalized spacial score (nSPS) is 12.7. The molecule has 0 radical (unpaired) electrons. The van der Waals surface area contributed by atoms with Crippen LogP contribution >= 0.6 is 11.3 Å². The van der Waals surface area contributed by atoms with Crippen LogP contribution in [0.1, 0.15) is 17.2 Å². The smallest absolute Gasteiger partial charge is 0.123 e. The van der Waals surface area contributed by atoms with E-state index in [1.165, 1.54) is 12.1 Å². The zero-order valence-corrected chi connectivity index (χ0v) is 8.30. The molecule has 2 N–H and O–H groups in total. The maximum Gasteiger partial charge on any atom is 0.123 e. The Hall–Kier alpha value is -1.19. The minimum absolute atomic E-state index is 0.151. The Morgan fingerprint density at radius 2 is 1.79 bits per heavy atom. The molecule has 0 saturated carbocycles. The van der Waals surface area contributed by atoms with Crippen molar-refractivity contribution in [1.82, 2.24) is 0 Å². The lowest BCUT2D eigenvalue weighted by Gasteiger charge is -2.09. The molecule has 1 aromatic carbocycles. The number of hydrogen-bond donors (Lipinski definition) is 1. The average molecular weight is 207 g/mol. The molecule has 1 unspecified atom stereocenters. The van der Waals surface area contributed by atoms with E-state index in [-0.39, 0.29) is 11.9 Å². The summed E-state index contributed by atoms with van der Waals surface area (Å²) < 4.78 is 12.7. The standard InChI is InChI=1S/C11H10FNS/c12-10-3-1-8(2-4-10)11(13)9-5-6-14-7-9/h1-7,11H,13H2. The zero-order chi connectivity index (χ0) is 9.97. The quantitative estimate of drug-likeness (QED) is 0.805. The maximum atomic E-state index is 12.7. The van der Waals surface area contributed by atoms with Crippen LogP contribution in [-0.4, -0.2) is 0 Å². The van der Waals surface area contributed by atoms with Crippen LogP contribution < -0.4 is 5.73 Å². The van der Waals surface area contributed by atoms with Crippen LogP contribution in [0.4, 0.5) is 4.39 Å². The number of hydrogen-bond acceptors (Lipinski definition) is 2. The van der Waals surface area contributed by atoms with Gasteiger partial charge in [-0.2, -0.15) is 11.3 Å². The van der Waals surface area contributed by atoms with Gasteiger partial charge in [-0.05, 0) is 40.1 Å². The minimum Gasteiger partial charge on any atom is -0.320 e. The molecule has 0 saturated heterocycles. The summed E-state index contributed by atoms with van der Waals surface area (Å²) in [5, 5.41) is 3.99. The van der Waals surface area contributed by atoms with Gasteiger partial charge in [0.15, 0.2) is 0 Å². The summed E-state index contributed by atoms with van der Waals surface area (Å²) in [4.78, 5) is 0. The number of benzene rings is 1. The Kier molecular flexibility index (Phi) is 2.61. The van der Waals surface area contributed by atoms with Crippen molar-refractivity contribution < 1.29 is 4.39 Å². The summed E-state index contributed by atoms with van der Waals surface area (Å²) in [5.41, 5.74) is 8.00. The van der Waals surface area contributed by atoms with Crippen molar-refractivity contribution in [3.63, 3.8) is 0 Å². The van der Waals surface area contributed by atoms with Gasteiger partial charge in [0, 0.05) is 0 Å². The molecule has 72 valence electrons. The molecule has 0 bridgehead atoms. The number of halogens is 1. The fraction of sp³-hybridized carbons (Fsp3) is 0.0909. The fourth-order valence-corrected chi connectivity index (χ4v) is 2.01. The van der Waals surface area contributed by atoms with Gasteiger partial charge in [-0.25, -0.2) is 4.39 Å². The van der Waals surface area contributed by atoms with Gasteiger partial charge in [0.2, 0.25) is 0 Å². The van der Waals surface area contributed by atoms with Gasteiger partial charge in [-0.3, -0.25) is 0 Å². The summed E-state index contributed by atoms with van der Waals surface area (Å²) in [6.07, 6.45) is 0. The Morgan fingerprint density at radius 1 is 1.07 bits per heavy atom. The van der Waals surface area contributed by atoms with E-state index in [4.69, 9.17) is 5.73 Å². The van der Waals surface area contributed by atoms with Crippen molar-refractivity contribution in [2.75, 3.05) is 0 Å². The first-order valence-corrected chi connectivity index (χ1v) is 5.25. The summed E-state index contributed by atoms with van der Waals surface area (Å²) in [5.74, 6) is -0.230. The lowest BCUT2D eigenvalue weighted by molar-refractivity contribution is 0.626. The lowest BCUT2D eigenvalue weighted by Crippen LogP contribution is -2.10. The first-order chi connectivity index (χ1) is 6.77. The van der Waals surface area contributed by atoms with Gasteiger partial charge in [-0.1, -0.05) is 12.1 Å². The van der Waals surface area contributed by atoms with Crippen molar-refractivity contribution in [2.45, 2.75) is 6.04 Å². The second-order valence-corrected chi connectivity index (χ2v) is 3.87. The van der Waals surface area contributed by atoms with Crippen LogP contribution in [0.5, 0.6) is 0 Å². The summed E-state index contributed by atoms with van der Waals surface area (Å²) in [6, 6.07) is 8.14. The van der Waals surface area contributed by atoms with E-state index < -0.39 is 0 Å². The third-order valence-corrected chi connectivity index (χ3v) is 2.83. The van der Waals surface area contributed by atoms with Crippen molar-refractivity contribution in [3.05, 3.63) is 58.0 Å². The van der Waals surface area contributed by atoms with E-state index >= 15 is 0 Å². The number of nitrogens with two attached hydrogens (primary N) is 1. The van der Waals surface area contributed by atoms with E-state index in [0.717, 1.165) is 11.1 Å². The van der Waals surface area contributed by atoms with Gasteiger partial charge in [0.25, 0.3) is 0 Å². The zero-order valence-electron chi connectivity index (χ0n) is 7.48. The highest BCUT2D eigenvalue weighted by Gasteiger charge is 2.08. The maximum absolute atomic E-state index is 12.7. The Labute approximate surface area is 86.0 Å². The first-order valence-electron chi connectivity index (χ1n) is 4.30. The monoisotopic (exact) mass is 207 g/mol. The van der Waals surface area contributed by atoms with Gasteiger partial charge in [0.1, 0.15) is 5.82 Å².